The standard InChI is InChI=1S/C11H16NO5P/c1-8-4-2-3-5-10(8)17-18(15,16)7-6-9(12)11(13)14/h2-5,9H,6-7,12H2,1H3,(H,13,14)(H,15,16). The molecule has 2 atom stereocenters. The largest absolute Gasteiger partial charge is 0.480 e. The van der Waals surface area contributed by atoms with E-state index in [0.717, 1.165) is 5.56 Å². The molecule has 100 valence electrons. The van der Waals surface area contributed by atoms with Gasteiger partial charge in [-0.3, -0.25) is 4.79 Å². The third-order valence-electron chi connectivity index (χ3n) is 2.37. The Kier molecular flexibility index (Phi) is 4.90. The molecule has 0 fully saturated rings. The van der Waals surface area contributed by atoms with Crippen LogP contribution in [0.15, 0.2) is 24.3 Å². The first-order valence-corrected chi connectivity index (χ1v) is 7.13. The molecule has 7 heteroatoms. The minimum Gasteiger partial charge on any atom is -0.480 e. The number of aryl methyl sites for hydroxylation is 1. The number of aliphatic carboxylic acids is 1. The summed E-state index contributed by atoms with van der Waals surface area (Å²) in [4.78, 5) is 20.1. The Morgan fingerprint density at radius 3 is 2.67 bits per heavy atom. The highest BCUT2D eigenvalue weighted by Crippen LogP contribution is 2.44. The second-order valence-electron chi connectivity index (χ2n) is 3.95. The summed E-state index contributed by atoms with van der Waals surface area (Å²) in [5.41, 5.74) is 5.99. The molecule has 1 rings (SSSR count). The van der Waals surface area contributed by atoms with E-state index in [1.165, 1.54) is 0 Å². The monoisotopic (exact) mass is 273 g/mol. The highest BCUT2D eigenvalue weighted by molar-refractivity contribution is 7.53. The lowest BCUT2D eigenvalue weighted by atomic mass is 10.2. The van der Waals surface area contributed by atoms with E-state index in [2.05, 4.69) is 0 Å². The molecule has 0 spiro atoms. The zero-order chi connectivity index (χ0) is 13.8. The smallest absolute Gasteiger partial charge is 0.376 e. The van der Waals surface area contributed by atoms with Gasteiger partial charge in [-0.2, -0.15) is 0 Å². The summed E-state index contributed by atoms with van der Waals surface area (Å²) in [7, 11) is -3.88. The zero-order valence-corrected chi connectivity index (χ0v) is 10.8. The van der Waals surface area contributed by atoms with Crippen LogP contribution >= 0.6 is 7.60 Å². The number of benzene rings is 1. The quantitative estimate of drug-likeness (QED) is 0.675. The Morgan fingerprint density at radius 2 is 2.11 bits per heavy atom. The second-order valence-corrected chi connectivity index (χ2v) is 5.86. The van der Waals surface area contributed by atoms with E-state index in [9.17, 15) is 14.3 Å². The van der Waals surface area contributed by atoms with Crippen LogP contribution in [0.5, 0.6) is 5.75 Å². The van der Waals surface area contributed by atoms with Crippen molar-refractivity contribution in [3.05, 3.63) is 29.8 Å². The van der Waals surface area contributed by atoms with Gasteiger partial charge in [-0.05, 0) is 25.0 Å². The maximum atomic E-state index is 11.7. The van der Waals surface area contributed by atoms with Crippen molar-refractivity contribution in [2.24, 2.45) is 5.73 Å². The maximum Gasteiger partial charge on any atom is 0.376 e. The van der Waals surface area contributed by atoms with Crippen LogP contribution in [0.1, 0.15) is 12.0 Å². The van der Waals surface area contributed by atoms with Crippen molar-refractivity contribution < 1.29 is 23.9 Å². The van der Waals surface area contributed by atoms with Gasteiger partial charge in [-0.25, -0.2) is 4.57 Å². The van der Waals surface area contributed by atoms with Crippen LogP contribution in [0.3, 0.4) is 0 Å². The van der Waals surface area contributed by atoms with E-state index in [4.69, 9.17) is 15.4 Å². The van der Waals surface area contributed by atoms with Crippen molar-refractivity contribution in [3.8, 4) is 5.75 Å². The average molecular weight is 273 g/mol. The van der Waals surface area contributed by atoms with Gasteiger partial charge in [0.1, 0.15) is 11.8 Å². The third kappa shape index (κ3) is 4.49. The van der Waals surface area contributed by atoms with Gasteiger partial charge in [0.2, 0.25) is 0 Å². The van der Waals surface area contributed by atoms with Crippen LogP contribution in [0.2, 0.25) is 0 Å². The Balaban J connectivity index is 2.63. The first kappa shape index (κ1) is 14.7. The highest BCUT2D eigenvalue weighted by Gasteiger charge is 2.24. The first-order valence-electron chi connectivity index (χ1n) is 5.37. The number of carboxylic acids is 1. The van der Waals surface area contributed by atoms with Crippen molar-refractivity contribution in [1.82, 2.24) is 0 Å². The van der Waals surface area contributed by atoms with Gasteiger partial charge >= 0.3 is 13.6 Å². The minimum absolute atomic E-state index is 0.116. The molecule has 0 radical (unpaired) electrons. The Bertz CT molecular complexity index is 476. The molecule has 0 aliphatic rings. The summed E-state index contributed by atoms with van der Waals surface area (Å²) in [6, 6.07) is 5.63. The molecular formula is C11H16NO5P. The lowest BCUT2D eigenvalue weighted by Gasteiger charge is -2.15. The van der Waals surface area contributed by atoms with Crippen LogP contribution in [-0.4, -0.2) is 28.2 Å². The van der Waals surface area contributed by atoms with Gasteiger partial charge in [0, 0.05) is 0 Å². The molecule has 4 N–H and O–H groups in total. The Hall–Kier alpha value is -1.36. The van der Waals surface area contributed by atoms with Gasteiger partial charge in [0.05, 0.1) is 6.16 Å². The molecule has 0 bridgehead atoms. The number of carboxylic acid groups (broad SMARTS) is 1. The fraction of sp³-hybridized carbons (Fsp3) is 0.364. The predicted molar refractivity (Wildman–Crippen MR) is 66.7 cm³/mol. The van der Waals surface area contributed by atoms with Crippen LogP contribution < -0.4 is 10.3 Å². The van der Waals surface area contributed by atoms with Crippen molar-refractivity contribution in [3.63, 3.8) is 0 Å². The number of rotatable bonds is 6. The molecular weight excluding hydrogens is 257 g/mol. The van der Waals surface area contributed by atoms with E-state index < -0.39 is 19.6 Å². The highest BCUT2D eigenvalue weighted by atomic mass is 31.2. The fourth-order valence-corrected chi connectivity index (χ4v) is 2.49. The summed E-state index contributed by atoms with van der Waals surface area (Å²) in [6.07, 6.45) is -0.413. The van der Waals surface area contributed by atoms with E-state index in [0.29, 0.717) is 5.75 Å². The maximum absolute atomic E-state index is 11.7. The molecule has 0 amide bonds. The molecule has 6 nitrogen and oxygen atoms in total. The number of para-hydroxylation sites is 1. The van der Waals surface area contributed by atoms with Crippen LogP contribution in [0, 0.1) is 6.92 Å². The van der Waals surface area contributed by atoms with Gasteiger partial charge < -0.3 is 20.3 Å². The minimum atomic E-state index is -3.88. The fourth-order valence-electron chi connectivity index (χ4n) is 1.28. The predicted octanol–water partition coefficient (Wildman–Crippen LogP) is 1.36. The zero-order valence-electron chi connectivity index (χ0n) is 9.94. The van der Waals surface area contributed by atoms with Gasteiger partial charge in [0.25, 0.3) is 0 Å². The normalized spacial score (nSPS) is 15.7. The van der Waals surface area contributed by atoms with Crippen molar-refractivity contribution >= 4 is 13.6 Å². The molecule has 18 heavy (non-hydrogen) atoms. The van der Waals surface area contributed by atoms with Crippen LogP contribution in [0.4, 0.5) is 0 Å². The summed E-state index contributed by atoms with van der Waals surface area (Å²) in [5.74, 6) is -0.891. The summed E-state index contributed by atoms with van der Waals surface area (Å²) in [6.45, 7) is 1.75. The van der Waals surface area contributed by atoms with Crippen molar-refractivity contribution in [2.75, 3.05) is 6.16 Å². The van der Waals surface area contributed by atoms with Crippen LogP contribution in [0.25, 0.3) is 0 Å². The summed E-state index contributed by atoms with van der Waals surface area (Å²) >= 11 is 0. The lowest BCUT2D eigenvalue weighted by Crippen LogP contribution is -2.31. The summed E-state index contributed by atoms with van der Waals surface area (Å²) < 4.78 is 16.8. The molecule has 0 saturated heterocycles. The third-order valence-corrected chi connectivity index (χ3v) is 3.68. The molecule has 1 aromatic carbocycles. The van der Waals surface area contributed by atoms with Crippen LogP contribution in [-0.2, 0) is 9.36 Å². The lowest BCUT2D eigenvalue weighted by molar-refractivity contribution is -0.138. The SMILES string of the molecule is Cc1ccccc1OP(=O)(O)CCC(N)C(=O)O. The van der Waals surface area contributed by atoms with Gasteiger partial charge in [0.15, 0.2) is 0 Å². The molecule has 1 aromatic rings. The number of carbonyl (C=O) groups is 1. The Labute approximate surface area is 105 Å². The molecule has 2 unspecified atom stereocenters. The first-order chi connectivity index (χ1) is 8.32. The average Bonchev–Trinajstić information content (AvgIpc) is 2.29. The molecule has 0 aromatic heterocycles. The van der Waals surface area contributed by atoms with Crippen molar-refractivity contribution in [1.29, 1.82) is 0 Å². The molecule has 0 heterocycles. The van der Waals surface area contributed by atoms with E-state index in [1.807, 2.05) is 0 Å². The van der Waals surface area contributed by atoms with Gasteiger partial charge in [-0.1, -0.05) is 18.2 Å². The number of hydrogen-bond acceptors (Lipinski definition) is 4. The summed E-state index contributed by atoms with van der Waals surface area (Å²) in [5, 5.41) is 8.58. The molecule has 0 aliphatic carbocycles. The molecule has 0 aliphatic heterocycles. The topological polar surface area (TPSA) is 110 Å². The second kappa shape index (κ2) is 6.00. The van der Waals surface area contributed by atoms with Crippen molar-refractivity contribution in [2.45, 2.75) is 19.4 Å². The van der Waals surface area contributed by atoms with E-state index >= 15 is 0 Å². The molecule has 0 saturated carbocycles. The van der Waals surface area contributed by atoms with E-state index in [1.54, 1.807) is 31.2 Å². The number of hydrogen-bond donors (Lipinski definition) is 3. The van der Waals surface area contributed by atoms with Gasteiger partial charge in [-0.15, -0.1) is 0 Å². The van der Waals surface area contributed by atoms with E-state index in [-0.39, 0.29) is 12.6 Å². The number of nitrogens with two attached hydrogens (primary N) is 1. The Morgan fingerprint density at radius 1 is 1.50 bits per heavy atom.